The second kappa shape index (κ2) is 3.24. The smallest absolute Gasteiger partial charge is 0.189 e. The van der Waals surface area contributed by atoms with Crippen molar-refractivity contribution in [3.63, 3.8) is 0 Å². The molecule has 0 aromatic carbocycles. The van der Waals surface area contributed by atoms with Gasteiger partial charge in [0.05, 0.1) is 21.1 Å². The largest absolute Gasteiger partial charge is 0.470 e. The highest BCUT2D eigenvalue weighted by Crippen LogP contribution is 2.07. The molecule has 3 heteroatoms. The summed E-state index contributed by atoms with van der Waals surface area (Å²) in [5, 5.41) is 0. The first kappa shape index (κ1) is 8.56. The van der Waals surface area contributed by atoms with E-state index in [1.165, 1.54) is 0 Å². The number of nitrogens with zero attached hydrogens (tertiary/aromatic N) is 1. The van der Waals surface area contributed by atoms with Gasteiger partial charge in [-0.1, -0.05) is 0 Å². The second-order valence-corrected chi connectivity index (χ2v) is 3.75. The van der Waals surface area contributed by atoms with Crippen LogP contribution in [0.2, 0.25) is 0 Å². The van der Waals surface area contributed by atoms with E-state index >= 15 is 0 Å². The summed E-state index contributed by atoms with van der Waals surface area (Å²) in [6, 6.07) is 0. The van der Waals surface area contributed by atoms with Crippen LogP contribution in [0.5, 0.6) is 0 Å². The van der Waals surface area contributed by atoms with Crippen molar-refractivity contribution in [2.45, 2.75) is 0 Å². The second-order valence-electron chi connectivity index (χ2n) is 3.75. The number of likely N-dealkylation sites (N-methyl/N-ethyl adjacent to an activating group) is 1. The Hall–Kier alpha value is -0.540. The Labute approximate surface area is 67.8 Å². The van der Waals surface area contributed by atoms with E-state index in [0.29, 0.717) is 13.4 Å². The third kappa shape index (κ3) is 3.39. The van der Waals surface area contributed by atoms with Crippen LogP contribution >= 0.6 is 0 Å². The van der Waals surface area contributed by atoms with Crippen molar-refractivity contribution in [2.24, 2.45) is 0 Å². The summed E-state index contributed by atoms with van der Waals surface area (Å²) in [6.45, 7) is 2.04. The van der Waals surface area contributed by atoms with E-state index in [2.05, 4.69) is 27.2 Å². The Bertz CT molecular complexity index is 150. The minimum absolute atomic E-state index is 0.420. The molecule has 0 saturated carbocycles. The lowest BCUT2D eigenvalue weighted by Gasteiger charge is -2.21. The molecule has 0 aromatic heterocycles. The Balaban J connectivity index is 2.34. The summed E-state index contributed by atoms with van der Waals surface area (Å²) in [5.41, 5.74) is 0. The molecule has 64 valence electrons. The molecule has 0 amide bonds. The average Bonchev–Trinajstić information content (AvgIpc) is 2.32. The van der Waals surface area contributed by atoms with Gasteiger partial charge in [-0.05, 0) is 0 Å². The van der Waals surface area contributed by atoms with Crippen LogP contribution in [0.25, 0.3) is 0 Å². The number of hydrogen-bond donors (Lipinski definition) is 0. The van der Waals surface area contributed by atoms with E-state index in [-0.39, 0.29) is 0 Å². The normalized spacial score (nSPS) is 22.3. The quantitative estimate of drug-likeness (QED) is 0.547. The van der Waals surface area contributed by atoms with Gasteiger partial charge in [-0.15, -0.1) is 0 Å². The van der Waals surface area contributed by atoms with Crippen molar-refractivity contribution in [2.75, 3.05) is 41.1 Å². The lowest BCUT2D eigenvalue weighted by molar-refractivity contribution is -0.864. The number of hydrogen-bond acceptors (Lipinski definition) is 2. The maximum Gasteiger partial charge on any atom is 0.189 e. The van der Waals surface area contributed by atoms with Crippen molar-refractivity contribution in [3.05, 3.63) is 11.8 Å². The first-order valence-corrected chi connectivity index (χ1v) is 3.78. The van der Waals surface area contributed by atoms with Gasteiger partial charge in [0.2, 0.25) is 0 Å². The molecule has 0 spiro atoms. The predicted octanol–water partition coefficient (Wildman–Crippen LogP) is 0.581. The first-order valence-electron chi connectivity index (χ1n) is 3.78. The average molecular weight is 158 g/mol. The van der Waals surface area contributed by atoms with Gasteiger partial charge in [-0.3, -0.25) is 0 Å². The van der Waals surface area contributed by atoms with Crippen LogP contribution in [0.4, 0.5) is 0 Å². The van der Waals surface area contributed by atoms with Gasteiger partial charge in [0.25, 0.3) is 0 Å². The van der Waals surface area contributed by atoms with Gasteiger partial charge < -0.3 is 14.0 Å². The van der Waals surface area contributed by atoms with Crippen LogP contribution in [0.3, 0.4) is 0 Å². The molecule has 1 rings (SSSR count). The molecule has 1 fully saturated rings. The molecule has 0 bridgehead atoms. The summed E-state index contributed by atoms with van der Waals surface area (Å²) < 4.78 is 11.1. The highest BCUT2D eigenvalue weighted by atomic mass is 16.7. The topological polar surface area (TPSA) is 18.5 Å². The number of rotatable bonds is 2. The Morgan fingerprint density at radius 3 is 2.64 bits per heavy atom. The van der Waals surface area contributed by atoms with Gasteiger partial charge in [-0.25, -0.2) is 0 Å². The van der Waals surface area contributed by atoms with Crippen LogP contribution < -0.4 is 0 Å². The van der Waals surface area contributed by atoms with Crippen molar-refractivity contribution in [3.8, 4) is 0 Å². The molecule has 0 N–H and O–H groups in total. The van der Waals surface area contributed by atoms with E-state index in [4.69, 9.17) is 9.47 Å². The standard InChI is InChI=1S/C8H16NO2/c1-9(2,3)5-4-8-6-10-7-11-8/h4H,5-7H2,1-3H3/q+1/b8-4+. The monoisotopic (exact) mass is 158 g/mol. The molecule has 1 aliphatic heterocycles. The fourth-order valence-electron chi connectivity index (χ4n) is 0.795. The number of ether oxygens (including phenoxy) is 2. The molecule has 0 aromatic rings. The molecule has 1 saturated heterocycles. The van der Waals surface area contributed by atoms with Crippen LogP contribution in [0.15, 0.2) is 11.8 Å². The van der Waals surface area contributed by atoms with Crippen molar-refractivity contribution < 1.29 is 14.0 Å². The molecule has 3 nitrogen and oxygen atoms in total. The fraction of sp³-hybridized carbons (Fsp3) is 0.750. The maximum atomic E-state index is 5.18. The summed E-state index contributed by atoms with van der Waals surface area (Å²) in [6.07, 6.45) is 2.09. The molecule has 0 atom stereocenters. The molecular weight excluding hydrogens is 142 g/mol. The van der Waals surface area contributed by atoms with Gasteiger partial charge in [0.15, 0.2) is 6.79 Å². The lowest BCUT2D eigenvalue weighted by atomic mass is 10.4. The minimum atomic E-state index is 0.420. The van der Waals surface area contributed by atoms with Gasteiger partial charge >= 0.3 is 0 Å². The third-order valence-corrected chi connectivity index (χ3v) is 1.44. The van der Waals surface area contributed by atoms with Crippen molar-refractivity contribution in [1.82, 2.24) is 0 Å². The van der Waals surface area contributed by atoms with Gasteiger partial charge in [0, 0.05) is 6.08 Å². The molecular formula is C8H16NO2+. The summed E-state index contributed by atoms with van der Waals surface area (Å²) in [7, 11) is 6.44. The Morgan fingerprint density at radius 2 is 2.18 bits per heavy atom. The summed E-state index contributed by atoms with van der Waals surface area (Å²) in [4.78, 5) is 0. The molecule has 0 unspecified atom stereocenters. The van der Waals surface area contributed by atoms with Gasteiger partial charge in [-0.2, -0.15) is 0 Å². The molecule has 0 aliphatic carbocycles. The van der Waals surface area contributed by atoms with Crippen LogP contribution in [0.1, 0.15) is 0 Å². The van der Waals surface area contributed by atoms with Crippen LogP contribution in [0, 0.1) is 0 Å². The van der Waals surface area contributed by atoms with Crippen molar-refractivity contribution >= 4 is 0 Å². The zero-order valence-electron chi connectivity index (χ0n) is 7.46. The lowest BCUT2D eigenvalue weighted by Crippen LogP contribution is -2.34. The van der Waals surface area contributed by atoms with Crippen LogP contribution in [-0.2, 0) is 9.47 Å². The van der Waals surface area contributed by atoms with Crippen molar-refractivity contribution in [1.29, 1.82) is 0 Å². The highest BCUT2D eigenvalue weighted by Gasteiger charge is 2.10. The van der Waals surface area contributed by atoms with E-state index in [0.717, 1.165) is 16.8 Å². The molecule has 0 radical (unpaired) electrons. The Kier molecular flexibility index (Phi) is 2.52. The Morgan fingerprint density at radius 1 is 1.45 bits per heavy atom. The molecule has 1 aliphatic rings. The van der Waals surface area contributed by atoms with Crippen LogP contribution in [-0.4, -0.2) is 45.6 Å². The fourth-order valence-corrected chi connectivity index (χ4v) is 0.795. The van der Waals surface area contributed by atoms with Gasteiger partial charge in [0.1, 0.15) is 18.9 Å². The van der Waals surface area contributed by atoms with E-state index in [9.17, 15) is 0 Å². The zero-order chi connectivity index (χ0) is 8.32. The maximum absolute atomic E-state index is 5.18. The minimum Gasteiger partial charge on any atom is -0.470 e. The van der Waals surface area contributed by atoms with E-state index in [1.807, 2.05) is 0 Å². The third-order valence-electron chi connectivity index (χ3n) is 1.44. The number of quaternary nitrogens is 1. The highest BCUT2D eigenvalue weighted by molar-refractivity contribution is 4.95. The van der Waals surface area contributed by atoms with E-state index in [1.54, 1.807) is 0 Å². The van der Waals surface area contributed by atoms with E-state index < -0.39 is 0 Å². The SMILES string of the molecule is C[N+](C)(C)C/C=C1\COCO1. The molecule has 1 heterocycles. The predicted molar refractivity (Wildman–Crippen MR) is 42.9 cm³/mol. The molecule has 11 heavy (non-hydrogen) atoms. The summed E-state index contributed by atoms with van der Waals surface area (Å²) in [5.74, 6) is 0.970. The summed E-state index contributed by atoms with van der Waals surface area (Å²) >= 11 is 0. The zero-order valence-corrected chi connectivity index (χ0v) is 7.46. The first-order chi connectivity index (χ1) is 5.08.